The fraction of sp³-hybridized carbons (Fsp3) is 0.0345. The minimum absolute atomic E-state index is 0. The maximum Gasteiger partial charge on any atom is 0.161 e. The molecule has 0 aliphatic carbocycles. The molecule has 7 nitrogen and oxygen atoms in total. The third-order valence-electron chi connectivity index (χ3n) is 6.09. The Bertz CT molecular complexity index is 1820. The molecule has 6 rings (SSSR count). The van der Waals surface area contributed by atoms with Gasteiger partial charge >= 0.3 is 0 Å². The maximum atomic E-state index is 13.4. The Labute approximate surface area is 221 Å². The molecule has 0 spiro atoms. The number of methoxy groups -OCH3 is 1. The minimum Gasteiger partial charge on any atom is -0.495 e. The van der Waals surface area contributed by atoms with Gasteiger partial charge < -0.3 is 10.1 Å². The van der Waals surface area contributed by atoms with Gasteiger partial charge in [-0.05, 0) is 54.6 Å². The molecule has 0 amide bonds. The Kier molecular flexibility index (Phi) is 6.19. The molecule has 0 radical (unpaired) electrons. The van der Waals surface area contributed by atoms with Gasteiger partial charge in [-0.3, -0.25) is 4.98 Å². The first-order valence-corrected chi connectivity index (χ1v) is 12.8. The number of anilines is 2. The molecule has 6 aromatic rings. The van der Waals surface area contributed by atoms with Gasteiger partial charge in [0.1, 0.15) is 22.8 Å². The van der Waals surface area contributed by atoms with Gasteiger partial charge in [0, 0.05) is 40.6 Å². The number of fused-ring (bicyclic) bond motifs is 2. The monoisotopic (exact) mass is 523 g/mol. The van der Waals surface area contributed by atoms with E-state index in [1.54, 1.807) is 55.9 Å². The fourth-order valence-electron chi connectivity index (χ4n) is 4.19. The molecule has 1 atom stereocenters. The second-order valence-electron chi connectivity index (χ2n) is 8.42. The molecule has 1 unspecified atom stereocenters. The highest BCUT2D eigenvalue weighted by Crippen LogP contribution is 2.32. The van der Waals surface area contributed by atoms with Crippen molar-refractivity contribution in [2.45, 2.75) is 9.79 Å². The zero-order chi connectivity index (χ0) is 26.1. The number of nitrogens with one attached hydrogen (secondary N) is 1. The van der Waals surface area contributed by atoms with Crippen molar-refractivity contribution in [2.75, 3.05) is 12.4 Å². The fourth-order valence-corrected chi connectivity index (χ4v) is 5.35. The predicted molar refractivity (Wildman–Crippen MR) is 148 cm³/mol. The highest BCUT2D eigenvalue weighted by atomic mass is 32.2. The topological polar surface area (TPSA) is 89.9 Å². The molecule has 3 aromatic heterocycles. The Morgan fingerprint density at radius 2 is 1.66 bits per heavy atom. The highest BCUT2D eigenvalue weighted by molar-refractivity contribution is 7.85. The van der Waals surface area contributed by atoms with Gasteiger partial charge in [0.2, 0.25) is 0 Å². The van der Waals surface area contributed by atoms with E-state index in [0.29, 0.717) is 38.1 Å². The first kappa shape index (κ1) is 23.6. The second kappa shape index (κ2) is 9.95. The normalized spacial score (nSPS) is 11.9. The van der Waals surface area contributed by atoms with Crippen LogP contribution in [0.4, 0.5) is 15.9 Å². The lowest BCUT2D eigenvalue weighted by Gasteiger charge is -2.12. The van der Waals surface area contributed by atoms with E-state index in [1.807, 2.05) is 36.4 Å². The number of aromatic nitrogens is 4. The van der Waals surface area contributed by atoms with Crippen molar-refractivity contribution >= 4 is 44.1 Å². The average molecular weight is 524 g/mol. The SMILES string of the molecule is COc1cnc2c(S(=O)c3ccc(Nc4nnc(-c5ccc(F)cc5)c5ccccc45)cc3)ccnc2c1.[HH]. The Morgan fingerprint density at radius 3 is 2.42 bits per heavy atom. The highest BCUT2D eigenvalue weighted by Gasteiger charge is 2.15. The predicted octanol–water partition coefficient (Wildman–Crippen LogP) is 6.54. The zero-order valence-corrected chi connectivity index (χ0v) is 20.9. The summed E-state index contributed by atoms with van der Waals surface area (Å²) in [6.45, 7) is 0. The molecule has 188 valence electrons. The van der Waals surface area contributed by atoms with Gasteiger partial charge in [-0.1, -0.05) is 24.3 Å². The van der Waals surface area contributed by atoms with Crippen LogP contribution in [0.3, 0.4) is 0 Å². The molecule has 0 aliphatic rings. The van der Waals surface area contributed by atoms with E-state index in [4.69, 9.17) is 4.74 Å². The summed E-state index contributed by atoms with van der Waals surface area (Å²) in [4.78, 5) is 9.94. The van der Waals surface area contributed by atoms with E-state index in [0.717, 1.165) is 22.0 Å². The van der Waals surface area contributed by atoms with E-state index in [9.17, 15) is 8.60 Å². The number of rotatable bonds is 6. The summed E-state index contributed by atoms with van der Waals surface area (Å²) >= 11 is 0. The molecule has 38 heavy (non-hydrogen) atoms. The summed E-state index contributed by atoms with van der Waals surface area (Å²) < 4.78 is 32.0. The Balaban J connectivity index is 0.00000308. The van der Waals surface area contributed by atoms with Gasteiger partial charge in [-0.15, -0.1) is 10.2 Å². The van der Waals surface area contributed by atoms with Crippen molar-refractivity contribution in [1.82, 2.24) is 20.2 Å². The van der Waals surface area contributed by atoms with Gasteiger partial charge in [0.05, 0.1) is 34.5 Å². The van der Waals surface area contributed by atoms with Crippen molar-refractivity contribution < 1.29 is 14.8 Å². The van der Waals surface area contributed by atoms with Crippen LogP contribution in [-0.2, 0) is 10.8 Å². The summed E-state index contributed by atoms with van der Waals surface area (Å²) in [5.74, 6) is 0.866. The van der Waals surface area contributed by atoms with Gasteiger partial charge in [0.15, 0.2) is 5.82 Å². The standard InChI is InChI=1S/C29H20FN5O2S.H2/c1-37-21-16-25-28(32-17-21)26(14-15-31-25)38(36)22-12-10-20(11-13-22)33-29-24-5-3-2-4-23(24)27(34-35-29)18-6-8-19(30)9-7-18;/h2-17H,1H3,(H,33,35);1H. The summed E-state index contributed by atoms with van der Waals surface area (Å²) in [6, 6.07) is 24.8. The van der Waals surface area contributed by atoms with Crippen LogP contribution < -0.4 is 10.1 Å². The van der Waals surface area contributed by atoms with Crippen molar-refractivity contribution in [1.29, 1.82) is 0 Å². The van der Waals surface area contributed by atoms with Crippen LogP contribution in [0.15, 0.2) is 107 Å². The Hall–Kier alpha value is -4.76. The van der Waals surface area contributed by atoms with Crippen LogP contribution in [-0.4, -0.2) is 31.5 Å². The Morgan fingerprint density at radius 1 is 0.895 bits per heavy atom. The third-order valence-corrected chi connectivity index (χ3v) is 7.52. The van der Waals surface area contributed by atoms with Crippen molar-refractivity contribution in [3.63, 3.8) is 0 Å². The van der Waals surface area contributed by atoms with Crippen LogP contribution in [0.1, 0.15) is 1.43 Å². The lowest BCUT2D eigenvalue weighted by molar-refractivity contribution is 0.413. The number of hydrogen-bond donors (Lipinski definition) is 1. The third kappa shape index (κ3) is 4.44. The smallest absolute Gasteiger partial charge is 0.161 e. The van der Waals surface area contributed by atoms with Gasteiger partial charge in [0.25, 0.3) is 0 Å². The number of nitrogens with zero attached hydrogens (tertiary/aromatic N) is 4. The van der Waals surface area contributed by atoms with E-state index < -0.39 is 10.8 Å². The minimum atomic E-state index is -1.46. The quantitative estimate of drug-likeness (QED) is 0.265. The number of benzene rings is 3. The number of hydrogen-bond acceptors (Lipinski definition) is 7. The van der Waals surface area contributed by atoms with Gasteiger partial charge in [-0.25, -0.2) is 13.6 Å². The first-order valence-electron chi connectivity index (χ1n) is 11.7. The maximum absolute atomic E-state index is 13.4. The molecule has 0 saturated heterocycles. The van der Waals surface area contributed by atoms with Crippen LogP contribution in [0.2, 0.25) is 0 Å². The molecule has 3 aromatic carbocycles. The molecule has 1 N–H and O–H groups in total. The molecule has 9 heteroatoms. The lowest BCUT2D eigenvalue weighted by atomic mass is 10.0. The van der Waals surface area contributed by atoms with Crippen molar-refractivity contribution in [3.8, 4) is 17.0 Å². The summed E-state index contributed by atoms with van der Waals surface area (Å²) in [7, 11) is 0.105. The van der Waals surface area contributed by atoms with Crippen molar-refractivity contribution in [3.05, 3.63) is 103 Å². The summed E-state index contributed by atoms with van der Waals surface area (Å²) in [5.41, 5.74) is 3.40. The van der Waals surface area contributed by atoms with E-state index >= 15 is 0 Å². The van der Waals surface area contributed by atoms with E-state index in [1.165, 1.54) is 12.1 Å². The average Bonchev–Trinajstić information content (AvgIpc) is 2.97. The number of halogens is 1. The van der Waals surface area contributed by atoms with Crippen LogP contribution in [0.25, 0.3) is 33.1 Å². The largest absolute Gasteiger partial charge is 0.495 e. The first-order chi connectivity index (χ1) is 18.6. The molecular weight excluding hydrogens is 501 g/mol. The van der Waals surface area contributed by atoms with E-state index in [2.05, 4.69) is 25.5 Å². The van der Waals surface area contributed by atoms with Crippen LogP contribution in [0, 0.1) is 5.82 Å². The molecule has 0 saturated carbocycles. The second-order valence-corrected chi connectivity index (χ2v) is 9.87. The lowest BCUT2D eigenvalue weighted by Crippen LogP contribution is -2.00. The summed E-state index contributed by atoms with van der Waals surface area (Å²) in [5, 5.41) is 13.9. The molecular formula is C29H22FN5O2S. The molecule has 0 aliphatic heterocycles. The summed E-state index contributed by atoms with van der Waals surface area (Å²) in [6.07, 6.45) is 3.20. The molecule has 0 fully saturated rings. The molecule has 3 heterocycles. The van der Waals surface area contributed by atoms with Gasteiger partial charge in [-0.2, -0.15) is 0 Å². The number of ether oxygens (including phenoxy) is 1. The van der Waals surface area contributed by atoms with Crippen LogP contribution in [0.5, 0.6) is 5.75 Å². The number of pyridine rings is 2. The zero-order valence-electron chi connectivity index (χ0n) is 20.1. The van der Waals surface area contributed by atoms with E-state index in [-0.39, 0.29) is 7.24 Å². The molecule has 0 bridgehead atoms. The van der Waals surface area contributed by atoms with Crippen LogP contribution >= 0.6 is 0 Å². The van der Waals surface area contributed by atoms with Crippen molar-refractivity contribution in [2.24, 2.45) is 0 Å².